The number of hydrogen-bond acceptors (Lipinski definition) is 5. The molecule has 0 atom stereocenters. The number of nitrogens with two attached hydrogens (primary N) is 1. The zero-order valence-electron chi connectivity index (χ0n) is 8.05. The molecular weight excluding hydrogens is 192 g/mol. The summed E-state index contributed by atoms with van der Waals surface area (Å²) in [7, 11) is 0. The minimum atomic E-state index is 0.183. The molecule has 2 rings (SSSR count). The molecule has 2 aromatic heterocycles. The standard InChI is InChI=1S/C9H8N6/c1-6-4-7(14-9(11)13-6)15-3-2-12-8(15)5-10/h2-4H,1H3,(H2,11,13,14). The summed E-state index contributed by atoms with van der Waals surface area (Å²) < 4.78 is 1.56. The van der Waals surface area contributed by atoms with Crippen molar-refractivity contribution in [2.24, 2.45) is 0 Å². The highest BCUT2D eigenvalue weighted by Crippen LogP contribution is 2.09. The lowest BCUT2D eigenvalue weighted by molar-refractivity contribution is 0.945. The smallest absolute Gasteiger partial charge is 0.222 e. The highest BCUT2D eigenvalue weighted by atomic mass is 15.2. The van der Waals surface area contributed by atoms with Gasteiger partial charge in [0, 0.05) is 24.2 Å². The van der Waals surface area contributed by atoms with Gasteiger partial charge in [-0.3, -0.25) is 4.57 Å². The largest absolute Gasteiger partial charge is 0.368 e. The van der Waals surface area contributed by atoms with Gasteiger partial charge in [0.1, 0.15) is 11.9 Å². The number of imidazole rings is 1. The first-order chi connectivity index (χ1) is 7.20. The van der Waals surface area contributed by atoms with E-state index in [9.17, 15) is 0 Å². The van der Waals surface area contributed by atoms with Gasteiger partial charge in [0.25, 0.3) is 0 Å². The van der Waals surface area contributed by atoms with E-state index in [4.69, 9.17) is 11.0 Å². The summed E-state index contributed by atoms with van der Waals surface area (Å²) in [6.45, 7) is 1.81. The van der Waals surface area contributed by atoms with Gasteiger partial charge in [-0.2, -0.15) is 10.2 Å². The molecule has 15 heavy (non-hydrogen) atoms. The fourth-order valence-corrected chi connectivity index (χ4v) is 1.27. The highest BCUT2D eigenvalue weighted by Gasteiger charge is 2.06. The minimum absolute atomic E-state index is 0.183. The van der Waals surface area contributed by atoms with Crippen LogP contribution < -0.4 is 5.73 Å². The Labute approximate surface area is 86.0 Å². The van der Waals surface area contributed by atoms with Gasteiger partial charge in [-0.1, -0.05) is 0 Å². The van der Waals surface area contributed by atoms with Crippen LogP contribution in [0.1, 0.15) is 11.5 Å². The van der Waals surface area contributed by atoms with E-state index in [1.165, 1.54) is 6.20 Å². The molecule has 2 N–H and O–H groups in total. The summed E-state index contributed by atoms with van der Waals surface area (Å²) in [5.41, 5.74) is 6.26. The molecule has 0 bridgehead atoms. The summed E-state index contributed by atoms with van der Waals surface area (Å²) in [6, 6.07) is 3.70. The second kappa shape index (κ2) is 3.38. The molecule has 0 radical (unpaired) electrons. The lowest BCUT2D eigenvalue weighted by Crippen LogP contribution is -2.04. The van der Waals surface area contributed by atoms with Gasteiger partial charge in [-0.25, -0.2) is 9.97 Å². The van der Waals surface area contributed by atoms with Crippen LogP contribution in [-0.4, -0.2) is 19.5 Å². The number of nitrogens with zero attached hydrogens (tertiary/aromatic N) is 5. The molecule has 0 saturated heterocycles. The molecule has 0 unspecified atom stereocenters. The third kappa shape index (κ3) is 1.62. The number of hydrogen-bond donors (Lipinski definition) is 1. The maximum atomic E-state index is 8.80. The van der Waals surface area contributed by atoms with Crippen molar-refractivity contribution in [3.05, 3.63) is 30.0 Å². The Bertz CT molecular complexity index is 516. The molecule has 6 heteroatoms. The first kappa shape index (κ1) is 9.15. The third-order valence-electron chi connectivity index (χ3n) is 1.85. The predicted molar refractivity (Wildman–Crippen MR) is 53.0 cm³/mol. The summed E-state index contributed by atoms with van der Waals surface area (Å²) in [5, 5.41) is 8.80. The Morgan fingerprint density at radius 1 is 1.47 bits per heavy atom. The van der Waals surface area contributed by atoms with Gasteiger partial charge in [0.15, 0.2) is 0 Å². The van der Waals surface area contributed by atoms with Gasteiger partial charge in [-0.05, 0) is 6.92 Å². The van der Waals surface area contributed by atoms with Crippen LogP contribution in [0.4, 0.5) is 5.95 Å². The van der Waals surface area contributed by atoms with Gasteiger partial charge in [0.2, 0.25) is 11.8 Å². The summed E-state index contributed by atoms with van der Waals surface area (Å²) in [5.74, 6) is 1.00. The van der Waals surface area contributed by atoms with Gasteiger partial charge in [-0.15, -0.1) is 0 Å². The lowest BCUT2D eigenvalue weighted by Gasteiger charge is -2.03. The van der Waals surface area contributed by atoms with E-state index >= 15 is 0 Å². The molecule has 0 aliphatic heterocycles. The summed E-state index contributed by atoms with van der Waals surface area (Å²) in [4.78, 5) is 11.8. The molecule has 0 saturated carbocycles. The molecule has 74 valence electrons. The SMILES string of the molecule is Cc1cc(-n2ccnc2C#N)nc(N)n1. The molecule has 2 aromatic rings. The molecule has 0 aromatic carbocycles. The van der Waals surface area contributed by atoms with Crippen molar-refractivity contribution in [3.63, 3.8) is 0 Å². The van der Waals surface area contributed by atoms with Gasteiger partial charge in [0.05, 0.1) is 0 Å². The maximum absolute atomic E-state index is 8.80. The van der Waals surface area contributed by atoms with Gasteiger partial charge < -0.3 is 5.73 Å². The van der Waals surface area contributed by atoms with E-state index in [1.807, 2.05) is 13.0 Å². The quantitative estimate of drug-likeness (QED) is 0.720. The third-order valence-corrected chi connectivity index (χ3v) is 1.85. The van der Waals surface area contributed by atoms with Crippen LogP contribution in [-0.2, 0) is 0 Å². The molecule has 6 nitrogen and oxygen atoms in total. The van der Waals surface area contributed by atoms with Crippen LogP contribution in [0.15, 0.2) is 18.5 Å². The summed E-state index contributed by atoms with van der Waals surface area (Å²) >= 11 is 0. The van der Waals surface area contributed by atoms with E-state index in [0.717, 1.165) is 5.69 Å². The number of rotatable bonds is 1. The van der Waals surface area contributed by atoms with Crippen LogP contribution >= 0.6 is 0 Å². The van der Waals surface area contributed by atoms with E-state index < -0.39 is 0 Å². The van der Waals surface area contributed by atoms with Crippen molar-refractivity contribution < 1.29 is 0 Å². The Balaban J connectivity index is 2.60. The van der Waals surface area contributed by atoms with Crippen LogP contribution in [0, 0.1) is 18.3 Å². The topological polar surface area (TPSA) is 93.4 Å². The molecule has 0 spiro atoms. The highest BCUT2D eigenvalue weighted by molar-refractivity contribution is 5.34. The van der Waals surface area contributed by atoms with Crippen LogP contribution in [0.3, 0.4) is 0 Å². The van der Waals surface area contributed by atoms with E-state index in [1.54, 1.807) is 16.8 Å². The van der Waals surface area contributed by atoms with Gasteiger partial charge >= 0.3 is 0 Å². The second-order valence-electron chi connectivity index (χ2n) is 2.96. The average molecular weight is 200 g/mol. The predicted octanol–water partition coefficient (Wildman–Crippen LogP) is 0.425. The zero-order valence-corrected chi connectivity index (χ0v) is 8.05. The fraction of sp³-hybridized carbons (Fsp3) is 0.111. The normalized spacial score (nSPS) is 9.87. The first-order valence-corrected chi connectivity index (χ1v) is 4.25. The van der Waals surface area contributed by atoms with E-state index in [2.05, 4.69) is 15.0 Å². The second-order valence-corrected chi connectivity index (χ2v) is 2.96. The number of nitrogen functional groups attached to an aromatic ring is 1. The molecule has 0 amide bonds. The number of aromatic nitrogens is 4. The molecular formula is C9H8N6. The fourth-order valence-electron chi connectivity index (χ4n) is 1.27. The van der Waals surface area contributed by atoms with Crippen molar-refractivity contribution in [2.45, 2.75) is 6.92 Å². The number of aryl methyl sites for hydroxylation is 1. The molecule has 0 aliphatic rings. The monoisotopic (exact) mass is 200 g/mol. The number of nitriles is 1. The Hall–Kier alpha value is -2.42. The maximum Gasteiger partial charge on any atom is 0.222 e. The zero-order chi connectivity index (χ0) is 10.8. The summed E-state index contributed by atoms with van der Waals surface area (Å²) in [6.07, 6.45) is 3.19. The van der Waals surface area contributed by atoms with E-state index in [-0.39, 0.29) is 11.8 Å². The van der Waals surface area contributed by atoms with Crippen LogP contribution in [0.2, 0.25) is 0 Å². The number of anilines is 1. The van der Waals surface area contributed by atoms with Crippen molar-refractivity contribution in [1.82, 2.24) is 19.5 Å². The van der Waals surface area contributed by atoms with Crippen LogP contribution in [0.25, 0.3) is 5.82 Å². The van der Waals surface area contributed by atoms with Crippen molar-refractivity contribution in [1.29, 1.82) is 5.26 Å². The van der Waals surface area contributed by atoms with Crippen LogP contribution in [0.5, 0.6) is 0 Å². The van der Waals surface area contributed by atoms with Crippen molar-refractivity contribution in [2.75, 3.05) is 5.73 Å². The molecule has 0 fully saturated rings. The van der Waals surface area contributed by atoms with Crippen molar-refractivity contribution in [3.8, 4) is 11.9 Å². The Kier molecular flexibility index (Phi) is 2.06. The van der Waals surface area contributed by atoms with Crippen molar-refractivity contribution >= 4 is 5.95 Å². The average Bonchev–Trinajstić information content (AvgIpc) is 2.63. The Morgan fingerprint density at radius 3 is 2.93 bits per heavy atom. The first-order valence-electron chi connectivity index (χ1n) is 4.25. The van der Waals surface area contributed by atoms with E-state index in [0.29, 0.717) is 5.82 Å². The Morgan fingerprint density at radius 2 is 2.27 bits per heavy atom. The minimum Gasteiger partial charge on any atom is -0.368 e. The molecule has 0 aliphatic carbocycles. The molecule has 2 heterocycles. The lowest BCUT2D eigenvalue weighted by atomic mass is 10.4.